The summed E-state index contributed by atoms with van der Waals surface area (Å²) in [6.45, 7) is 4.65. The van der Waals surface area contributed by atoms with E-state index in [1.54, 1.807) is 0 Å². The summed E-state index contributed by atoms with van der Waals surface area (Å²) < 4.78 is 6.53. The van der Waals surface area contributed by atoms with Crippen molar-refractivity contribution in [2.45, 2.75) is 19.3 Å². The molecule has 0 amide bonds. The van der Waals surface area contributed by atoms with Gasteiger partial charge in [0.2, 0.25) is 0 Å². The van der Waals surface area contributed by atoms with Crippen molar-refractivity contribution in [2.24, 2.45) is 0 Å². The lowest BCUT2D eigenvalue weighted by atomic mass is 9.82. The van der Waals surface area contributed by atoms with E-state index in [1.807, 2.05) is 18.2 Å². The number of hydrogen-bond donors (Lipinski definition) is 0. The molecule has 0 N–H and O–H groups in total. The smallest absolute Gasteiger partial charge is 0.160 e. The third-order valence-corrected chi connectivity index (χ3v) is 11.7. The zero-order valence-electron chi connectivity index (χ0n) is 31.1. The molecule has 8 aromatic carbocycles. The van der Waals surface area contributed by atoms with Crippen molar-refractivity contribution < 1.29 is 4.42 Å². The average molecular weight is 717 g/mol. The Morgan fingerprint density at radius 2 is 1.04 bits per heavy atom. The van der Waals surface area contributed by atoms with Crippen molar-refractivity contribution in [3.63, 3.8) is 0 Å². The largest absolute Gasteiger partial charge is 0.456 e. The van der Waals surface area contributed by atoms with Gasteiger partial charge in [-0.25, -0.2) is 9.97 Å². The maximum atomic E-state index is 6.53. The van der Waals surface area contributed by atoms with Crippen LogP contribution in [0.25, 0.3) is 100.0 Å². The van der Waals surface area contributed by atoms with Gasteiger partial charge >= 0.3 is 0 Å². The first-order valence-electron chi connectivity index (χ1n) is 19.2. The first-order valence-corrected chi connectivity index (χ1v) is 19.2. The maximum Gasteiger partial charge on any atom is 0.160 e. The highest BCUT2D eigenvalue weighted by Crippen LogP contribution is 2.50. The number of rotatable bonds is 5. The number of furan rings is 1. The fourth-order valence-corrected chi connectivity index (χ4v) is 8.88. The van der Waals surface area contributed by atoms with E-state index >= 15 is 0 Å². The van der Waals surface area contributed by atoms with Gasteiger partial charge in [-0.2, -0.15) is 0 Å². The van der Waals surface area contributed by atoms with Gasteiger partial charge in [-0.15, -0.1) is 0 Å². The Labute approximate surface area is 325 Å². The Kier molecular flexibility index (Phi) is 7.20. The fourth-order valence-electron chi connectivity index (χ4n) is 8.88. The summed E-state index contributed by atoms with van der Waals surface area (Å²) >= 11 is 0. The first kappa shape index (κ1) is 32.3. The maximum absolute atomic E-state index is 6.53. The molecule has 56 heavy (non-hydrogen) atoms. The van der Waals surface area contributed by atoms with Gasteiger partial charge < -0.3 is 4.42 Å². The van der Waals surface area contributed by atoms with Crippen molar-refractivity contribution in [3.05, 3.63) is 193 Å². The summed E-state index contributed by atoms with van der Waals surface area (Å²) in [5, 5.41) is 4.63. The molecule has 0 spiro atoms. The van der Waals surface area contributed by atoms with E-state index < -0.39 is 0 Å². The van der Waals surface area contributed by atoms with Crippen LogP contribution in [0.3, 0.4) is 0 Å². The van der Waals surface area contributed by atoms with Crippen molar-refractivity contribution in [1.29, 1.82) is 0 Å². The summed E-state index contributed by atoms with van der Waals surface area (Å²) in [4.78, 5) is 10.6. The molecule has 0 fully saturated rings. The van der Waals surface area contributed by atoms with Crippen LogP contribution < -0.4 is 0 Å². The number of nitrogens with zero attached hydrogens (tertiary/aromatic N) is 2. The van der Waals surface area contributed by atoms with Crippen LogP contribution in [0.4, 0.5) is 0 Å². The Morgan fingerprint density at radius 1 is 0.393 bits per heavy atom. The molecule has 10 aromatic rings. The Balaban J connectivity index is 1.15. The molecule has 0 radical (unpaired) electrons. The summed E-state index contributed by atoms with van der Waals surface area (Å²) in [6, 6.07) is 64.8. The van der Waals surface area contributed by atoms with Crippen molar-refractivity contribution in [2.75, 3.05) is 0 Å². The van der Waals surface area contributed by atoms with E-state index in [2.05, 4.69) is 178 Å². The minimum atomic E-state index is -0.122. The second kappa shape index (κ2) is 12.5. The van der Waals surface area contributed by atoms with E-state index in [4.69, 9.17) is 14.4 Å². The van der Waals surface area contributed by atoms with Gasteiger partial charge in [-0.1, -0.05) is 153 Å². The molecule has 0 bridgehead atoms. The summed E-state index contributed by atoms with van der Waals surface area (Å²) in [7, 11) is 0. The molecule has 2 aromatic heterocycles. The molecule has 264 valence electrons. The highest BCUT2D eigenvalue weighted by atomic mass is 16.3. The summed E-state index contributed by atoms with van der Waals surface area (Å²) in [5.41, 5.74) is 16.2. The second-order valence-electron chi connectivity index (χ2n) is 15.4. The molecular formula is C53H36N2O. The minimum absolute atomic E-state index is 0.122. The molecular weight excluding hydrogens is 681 g/mol. The first-order chi connectivity index (χ1) is 27.5. The van der Waals surface area contributed by atoms with Gasteiger partial charge in [0, 0.05) is 32.9 Å². The van der Waals surface area contributed by atoms with Gasteiger partial charge in [0.25, 0.3) is 0 Å². The summed E-state index contributed by atoms with van der Waals surface area (Å²) in [5.74, 6) is 0.696. The van der Waals surface area contributed by atoms with Crippen LogP contribution in [-0.2, 0) is 5.41 Å². The molecule has 0 aliphatic heterocycles. The van der Waals surface area contributed by atoms with Crippen molar-refractivity contribution in [1.82, 2.24) is 9.97 Å². The van der Waals surface area contributed by atoms with Crippen LogP contribution in [0.5, 0.6) is 0 Å². The van der Waals surface area contributed by atoms with Crippen LogP contribution in [0.2, 0.25) is 0 Å². The van der Waals surface area contributed by atoms with E-state index in [0.29, 0.717) is 5.82 Å². The van der Waals surface area contributed by atoms with Crippen molar-refractivity contribution in [3.8, 4) is 67.3 Å². The van der Waals surface area contributed by atoms with Crippen LogP contribution in [0, 0.1) is 0 Å². The molecule has 2 heterocycles. The van der Waals surface area contributed by atoms with Gasteiger partial charge in [0.15, 0.2) is 5.82 Å². The van der Waals surface area contributed by atoms with Crippen LogP contribution in [0.1, 0.15) is 25.0 Å². The van der Waals surface area contributed by atoms with Gasteiger partial charge in [-0.05, 0) is 97.7 Å². The zero-order valence-corrected chi connectivity index (χ0v) is 31.1. The minimum Gasteiger partial charge on any atom is -0.456 e. The quantitative estimate of drug-likeness (QED) is 0.178. The Bertz CT molecular complexity index is 3160. The SMILES string of the molecule is CC1(C)c2ccccc2-c2ccc(-c3cc(-c4cc(-c5ccccc5)cc(-c5cccc6oc7ccc8ccccc8c7c56)c4)nc(-c4ccccc4)n3)cc21. The van der Waals surface area contributed by atoms with Crippen molar-refractivity contribution >= 4 is 32.7 Å². The van der Waals surface area contributed by atoms with E-state index in [0.717, 1.165) is 72.3 Å². The normalized spacial score (nSPS) is 13.0. The number of benzene rings is 8. The van der Waals surface area contributed by atoms with Crippen LogP contribution in [-0.4, -0.2) is 9.97 Å². The Morgan fingerprint density at radius 3 is 1.88 bits per heavy atom. The molecule has 3 nitrogen and oxygen atoms in total. The molecule has 0 atom stereocenters. The number of fused-ring (bicyclic) bond motifs is 8. The molecule has 0 saturated heterocycles. The summed E-state index contributed by atoms with van der Waals surface area (Å²) in [6.07, 6.45) is 0. The highest BCUT2D eigenvalue weighted by molar-refractivity contribution is 6.22. The fraction of sp³-hybridized carbons (Fsp3) is 0.0566. The average Bonchev–Trinajstić information content (AvgIpc) is 3.76. The lowest BCUT2D eigenvalue weighted by Gasteiger charge is -2.22. The van der Waals surface area contributed by atoms with E-state index in [9.17, 15) is 0 Å². The van der Waals surface area contributed by atoms with Gasteiger partial charge in [0.05, 0.1) is 11.4 Å². The molecule has 1 aliphatic rings. The third-order valence-electron chi connectivity index (χ3n) is 11.7. The van der Waals surface area contributed by atoms with E-state index in [1.165, 1.54) is 33.0 Å². The molecule has 0 unspecified atom stereocenters. The van der Waals surface area contributed by atoms with Crippen LogP contribution >= 0.6 is 0 Å². The Hall–Kier alpha value is -7.10. The molecule has 0 saturated carbocycles. The predicted octanol–water partition coefficient (Wildman–Crippen LogP) is 14.2. The highest BCUT2D eigenvalue weighted by Gasteiger charge is 2.35. The molecule has 1 aliphatic carbocycles. The number of aromatic nitrogens is 2. The number of hydrogen-bond acceptors (Lipinski definition) is 3. The topological polar surface area (TPSA) is 38.9 Å². The molecule has 11 rings (SSSR count). The lowest BCUT2D eigenvalue weighted by molar-refractivity contribution is 0.660. The predicted molar refractivity (Wildman–Crippen MR) is 232 cm³/mol. The third kappa shape index (κ3) is 5.12. The second-order valence-corrected chi connectivity index (χ2v) is 15.4. The lowest BCUT2D eigenvalue weighted by Crippen LogP contribution is -2.14. The zero-order chi connectivity index (χ0) is 37.4. The van der Waals surface area contributed by atoms with E-state index in [-0.39, 0.29) is 5.41 Å². The van der Waals surface area contributed by atoms with Crippen LogP contribution in [0.15, 0.2) is 186 Å². The van der Waals surface area contributed by atoms with Gasteiger partial charge in [0.1, 0.15) is 11.2 Å². The standard InChI is InChI=1S/C53H36N2O/c1-53(2)44-22-12-11-20-42(44)43-26-24-36(31-45(43)53)46-32-47(55-52(54-46)35-17-7-4-8-18-35)39-29-37(33-14-5-3-6-15-33)28-38(30-39)41-21-13-23-48-51(41)50-40-19-10-9-16-34(40)25-27-49(50)56-48/h3-32H,1-2H3. The monoisotopic (exact) mass is 716 g/mol. The molecule has 3 heteroatoms. The van der Waals surface area contributed by atoms with Gasteiger partial charge in [-0.3, -0.25) is 0 Å².